The molecule has 2 rings (SSSR count). The Bertz CT molecular complexity index is 202. The van der Waals surface area contributed by atoms with Gasteiger partial charge in [-0.25, -0.2) is 0 Å². The monoisotopic (exact) mass is 181 g/mol. The molecular weight excluding hydrogens is 162 g/mol. The maximum atomic E-state index is 11.2. The summed E-state index contributed by atoms with van der Waals surface area (Å²) in [6.07, 6.45) is 4.20. The lowest BCUT2D eigenvalue weighted by molar-refractivity contribution is -0.121. The minimum absolute atomic E-state index is 0.158. The molecule has 1 aliphatic carbocycles. The molecule has 2 aliphatic rings. The summed E-state index contributed by atoms with van der Waals surface area (Å²) in [6.45, 7) is 6.10. The second-order valence-electron chi connectivity index (χ2n) is 4.69. The van der Waals surface area contributed by atoms with Crippen molar-refractivity contribution in [2.75, 3.05) is 13.1 Å². The first-order chi connectivity index (χ1) is 6.18. The normalized spacial score (nSPS) is 36.2. The molecule has 74 valence electrons. The van der Waals surface area contributed by atoms with E-state index in [0.717, 1.165) is 11.8 Å². The summed E-state index contributed by atoms with van der Waals surface area (Å²) in [5.74, 6) is 2.13. The van der Waals surface area contributed by atoms with E-state index >= 15 is 0 Å². The van der Waals surface area contributed by atoms with Crippen LogP contribution >= 0.6 is 0 Å². The highest BCUT2D eigenvalue weighted by Gasteiger charge is 2.38. The molecule has 0 spiro atoms. The van der Waals surface area contributed by atoms with Crippen LogP contribution in [0.3, 0.4) is 0 Å². The predicted molar refractivity (Wildman–Crippen MR) is 52.5 cm³/mol. The SMILES string of the molecule is CC(=O)C(C)N1CC2CCCC2C1. The van der Waals surface area contributed by atoms with Gasteiger partial charge in [0.05, 0.1) is 6.04 Å². The maximum absolute atomic E-state index is 11.2. The molecule has 1 heterocycles. The lowest BCUT2D eigenvalue weighted by atomic mass is 10.0. The zero-order valence-electron chi connectivity index (χ0n) is 8.62. The minimum Gasteiger partial charge on any atom is -0.298 e. The van der Waals surface area contributed by atoms with E-state index in [1.165, 1.54) is 32.4 Å². The van der Waals surface area contributed by atoms with E-state index in [0.29, 0.717) is 5.78 Å². The summed E-state index contributed by atoms with van der Waals surface area (Å²) < 4.78 is 0. The van der Waals surface area contributed by atoms with E-state index < -0.39 is 0 Å². The topological polar surface area (TPSA) is 20.3 Å². The fraction of sp³-hybridized carbons (Fsp3) is 0.909. The van der Waals surface area contributed by atoms with Gasteiger partial charge in [0.1, 0.15) is 5.78 Å². The van der Waals surface area contributed by atoms with Crippen molar-refractivity contribution in [3.05, 3.63) is 0 Å². The summed E-state index contributed by atoms with van der Waals surface area (Å²) >= 11 is 0. The number of hydrogen-bond acceptors (Lipinski definition) is 2. The van der Waals surface area contributed by atoms with E-state index in [1.807, 2.05) is 6.92 Å². The summed E-state index contributed by atoms with van der Waals surface area (Å²) in [4.78, 5) is 13.6. The Labute approximate surface area is 80.3 Å². The Morgan fingerprint density at radius 1 is 1.31 bits per heavy atom. The quantitative estimate of drug-likeness (QED) is 0.646. The van der Waals surface area contributed by atoms with Crippen molar-refractivity contribution in [3.63, 3.8) is 0 Å². The molecule has 0 radical (unpaired) electrons. The minimum atomic E-state index is 0.158. The van der Waals surface area contributed by atoms with Crippen molar-refractivity contribution in [2.45, 2.75) is 39.2 Å². The zero-order chi connectivity index (χ0) is 9.42. The molecule has 13 heavy (non-hydrogen) atoms. The molecule has 0 amide bonds. The highest BCUT2D eigenvalue weighted by atomic mass is 16.1. The second kappa shape index (κ2) is 3.41. The molecule has 0 aromatic carbocycles. The number of rotatable bonds is 2. The van der Waals surface area contributed by atoms with E-state index in [9.17, 15) is 4.79 Å². The van der Waals surface area contributed by atoms with Crippen LogP contribution in [0.1, 0.15) is 33.1 Å². The first kappa shape index (κ1) is 9.20. The maximum Gasteiger partial charge on any atom is 0.146 e. The lowest BCUT2D eigenvalue weighted by Gasteiger charge is -2.22. The van der Waals surface area contributed by atoms with Crippen LogP contribution in [0, 0.1) is 11.8 Å². The smallest absolute Gasteiger partial charge is 0.146 e. The highest BCUT2D eigenvalue weighted by Crippen LogP contribution is 2.38. The fourth-order valence-corrected chi connectivity index (χ4v) is 2.84. The second-order valence-corrected chi connectivity index (χ2v) is 4.69. The summed E-state index contributed by atoms with van der Waals surface area (Å²) in [7, 11) is 0. The van der Waals surface area contributed by atoms with Gasteiger partial charge in [-0.3, -0.25) is 9.69 Å². The lowest BCUT2D eigenvalue weighted by Crippen LogP contribution is -2.36. The predicted octanol–water partition coefficient (Wildman–Crippen LogP) is 1.70. The number of ketones is 1. The molecular formula is C11H19NO. The summed E-state index contributed by atoms with van der Waals surface area (Å²) in [6, 6.07) is 0.158. The molecule has 1 saturated carbocycles. The van der Waals surface area contributed by atoms with Crippen LogP contribution in [0.4, 0.5) is 0 Å². The Hall–Kier alpha value is -0.370. The van der Waals surface area contributed by atoms with Crippen LogP contribution in [-0.4, -0.2) is 29.8 Å². The Balaban J connectivity index is 1.95. The van der Waals surface area contributed by atoms with Crippen LogP contribution in [0.2, 0.25) is 0 Å². The third kappa shape index (κ3) is 1.64. The third-order valence-corrected chi connectivity index (χ3v) is 3.89. The molecule has 0 aromatic rings. The van der Waals surface area contributed by atoms with Crippen molar-refractivity contribution < 1.29 is 4.79 Å². The van der Waals surface area contributed by atoms with Gasteiger partial charge in [-0.05, 0) is 38.5 Å². The molecule has 0 N–H and O–H groups in total. The van der Waals surface area contributed by atoms with Gasteiger partial charge < -0.3 is 0 Å². The molecule has 3 atom stereocenters. The first-order valence-electron chi connectivity index (χ1n) is 5.43. The number of nitrogens with zero attached hydrogens (tertiary/aromatic N) is 1. The largest absolute Gasteiger partial charge is 0.298 e. The van der Waals surface area contributed by atoms with Crippen LogP contribution in [-0.2, 0) is 4.79 Å². The van der Waals surface area contributed by atoms with E-state index in [1.54, 1.807) is 6.92 Å². The molecule has 2 heteroatoms. The van der Waals surface area contributed by atoms with Crippen LogP contribution in [0.25, 0.3) is 0 Å². The van der Waals surface area contributed by atoms with Gasteiger partial charge in [-0.1, -0.05) is 6.42 Å². The molecule has 0 bridgehead atoms. The fourth-order valence-electron chi connectivity index (χ4n) is 2.84. The molecule has 2 fully saturated rings. The van der Waals surface area contributed by atoms with E-state index in [2.05, 4.69) is 4.90 Å². The first-order valence-corrected chi connectivity index (χ1v) is 5.43. The number of carbonyl (C=O) groups is 1. The zero-order valence-corrected chi connectivity index (χ0v) is 8.62. The average Bonchev–Trinajstić information content (AvgIpc) is 2.59. The molecule has 1 saturated heterocycles. The summed E-state index contributed by atoms with van der Waals surface area (Å²) in [5, 5.41) is 0. The molecule has 2 nitrogen and oxygen atoms in total. The number of hydrogen-bond donors (Lipinski definition) is 0. The highest BCUT2D eigenvalue weighted by molar-refractivity contribution is 5.80. The standard InChI is InChI=1S/C11H19NO/c1-8(9(2)13)12-6-10-4-3-5-11(10)7-12/h8,10-11H,3-7H2,1-2H3. The summed E-state index contributed by atoms with van der Waals surface area (Å²) in [5.41, 5.74) is 0. The Morgan fingerprint density at radius 3 is 2.31 bits per heavy atom. The third-order valence-electron chi connectivity index (χ3n) is 3.89. The van der Waals surface area contributed by atoms with Gasteiger partial charge in [0.15, 0.2) is 0 Å². The molecule has 0 aromatic heterocycles. The van der Waals surface area contributed by atoms with Gasteiger partial charge in [0.2, 0.25) is 0 Å². The van der Waals surface area contributed by atoms with Crippen LogP contribution in [0.5, 0.6) is 0 Å². The van der Waals surface area contributed by atoms with Crippen molar-refractivity contribution >= 4 is 5.78 Å². The number of fused-ring (bicyclic) bond motifs is 1. The van der Waals surface area contributed by atoms with Crippen LogP contribution < -0.4 is 0 Å². The van der Waals surface area contributed by atoms with Gasteiger partial charge in [-0.15, -0.1) is 0 Å². The van der Waals surface area contributed by atoms with Gasteiger partial charge in [0, 0.05) is 13.1 Å². The van der Waals surface area contributed by atoms with Crippen molar-refractivity contribution in [3.8, 4) is 0 Å². The van der Waals surface area contributed by atoms with Crippen LogP contribution in [0.15, 0.2) is 0 Å². The van der Waals surface area contributed by atoms with E-state index in [4.69, 9.17) is 0 Å². The number of Topliss-reactive ketones (excluding diaryl/α,β-unsaturated/α-hetero) is 1. The average molecular weight is 181 g/mol. The molecule has 1 aliphatic heterocycles. The van der Waals surface area contributed by atoms with Gasteiger partial charge in [-0.2, -0.15) is 0 Å². The van der Waals surface area contributed by atoms with Crippen molar-refractivity contribution in [1.82, 2.24) is 4.90 Å². The Morgan fingerprint density at radius 2 is 1.85 bits per heavy atom. The Kier molecular flexibility index (Phi) is 2.41. The number of carbonyl (C=O) groups excluding carboxylic acids is 1. The number of likely N-dealkylation sites (tertiary alicyclic amines) is 1. The van der Waals surface area contributed by atoms with Gasteiger partial charge in [0.25, 0.3) is 0 Å². The van der Waals surface area contributed by atoms with Crippen molar-refractivity contribution in [2.24, 2.45) is 11.8 Å². The molecule has 3 unspecified atom stereocenters. The van der Waals surface area contributed by atoms with Crippen molar-refractivity contribution in [1.29, 1.82) is 0 Å². The van der Waals surface area contributed by atoms with Gasteiger partial charge >= 0.3 is 0 Å². The van der Waals surface area contributed by atoms with E-state index in [-0.39, 0.29) is 6.04 Å².